The zero-order chi connectivity index (χ0) is 16.7. The quantitative estimate of drug-likeness (QED) is 0.782. The summed E-state index contributed by atoms with van der Waals surface area (Å²) in [6, 6.07) is 7.33. The molecule has 5 nitrogen and oxygen atoms in total. The number of aliphatic hydroxyl groups is 1. The Kier molecular flexibility index (Phi) is 6.86. The second-order valence-corrected chi connectivity index (χ2v) is 6.05. The molecular weight excluding hydrogens is 294 g/mol. The van der Waals surface area contributed by atoms with E-state index in [0.717, 1.165) is 6.54 Å². The molecule has 0 aliphatic carbocycles. The van der Waals surface area contributed by atoms with Crippen LogP contribution in [0.3, 0.4) is 0 Å². The summed E-state index contributed by atoms with van der Waals surface area (Å²) in [6.45, 7) is 6.29. The van der Waals surface area contributed by atoms with Gasteiger partial charge in [0.2, 0.25) is 0 Å². The second-order valence-electron chi connectivity index (χ2n) is 6.05. The highest BCUT2D eigenvalue weighted by Crippen LogP contribution is 2.17. The van der Waals surface area contributed by atoms with Gasteiger partial charge in [-0.2, -0.15) is 0 Å². The molecular formula is C18H27NO4. The standard InChI is InChI=1S/C18H27NO4/c1-3-22-18(21)15-7-9-17(10-8-15)23-13-16(20)12-19-11-5-4-6-14(19)2/h7-10,14,16,20H,3-6,11-13H2,1-2H3. The first kappa shape index (κ1) is 17.8. The number of rotatable bonds is 7. The van der Waals surface area contributed by atoms with E-state index >= 15 is 0 Å². The van der Waals surface area contributed by atoms with Crippen LogP contribution in [0.15, 0.2) is 24.3 Å². The van der Waals surface area contributed by atoms with E-state index in [4.69, 9.17) is 9.47 Å². The van der Waals surface area contributed by atoms with E-state index in [9.17, 15) is 9.90 Å². The summed E-state index contributed by atoms with van der Waals surface area (Å²) in [4.78, 5) is 13.9. The smallest absolute Gasteiger partial charge is 0.338 e. The predicted octanol–water partition coefficient (Wildman–Crippen LogP) is 2.48. The van der Waals surface area contributed by atoms with Crippen LogP contribution < -0.4 is 4.74 Å². The lowest BCUT2D eigenvalue weighted by Crippen LogP contribution is -2.43. The van der Waals surface area contributed by atoms with E-state index in [2.05, 4.69) is 11.8 Å². The average Bonchev–Trinajstić information content (AvgIpc) is 2.56. The highest BCUT2D eigenvalue weighted by atomic mass is 16.5. The van der Waals surface area contributed by atoms with Gasteiger partial charge in [0.25, 0.3) is 0 Å². The van der Waals surface area contributed by atoms with E-state index < -0.39 is 6.10 Å². The summed E-state index contributed by atoms with van der Waals surface area (Å²) in [7, 11) is 0. The minimum absolute atomic E-state index is 0.252. The molecule has 0 spiro atoms. The number of esters is 1. The van der Waals surface area contributed by atoms with Crippen molar-refractivity contribution >= 4 is 5.97 Å². The SMILES string of the molecule is CCOC(=O)c1ccc(OCC(O)CN2CCCCC2C)cc1. The Balaban J connectivity index is 1.77. The Bertz CT molecular complexity index is 488. The molecule has 0 bridgehead atoms. The van der Waals surface area contributed by atoms with Gasteiger partial charge in [-0.25, -0.2) is 4.79 Å². The number of likely N-dealkylation sites (tertiary alicyclic amines) is 1. The molecule has 5 heteroatoms. The number of carbonyl (C=O) groups excluding carboxylic acids is 1. The number of nitrogens with zero attached hydrogens (tertiary/aromatic N) is 1. The van der Waals surface area contributed by atoms with Gasteiger partial charge >= 0.3 is 5.97 Å². The number of hydrogen-bond donors (Lipinski definition) is 1. The van der Waals surface area contributed by atoms with E-state index in [0.29, 0.717) is 30.5 Å². The lowest BCUT2D eigenvalue weighted by atomic mass is 10.0. The summed E-state index contributed by atoms with van der Waals surface area (Å²) in [5, 5.41) is 10.2. The summed E-state index contributed by atoms with van der Waals surface area (Å²) in [6.07, 6.45) is 3.16. The van der Waals surface area contributed by atoms with Crippen molar-refractivity contribution in [3.8, 4) is 5.75 Å². The van der Waals surface area contributed by atoms with Crippen LogP contribution in [-0.4, -0.2) is 54.4 Å². The third kappa shape index (κ3) is 5.52. The van der Waals surface area contributed by atoms with Crippen molar-refractivity contribution in [2.24, 2.45) is 0 Å². The second kappa shape index (κ2) is 8.89. The number of piperidine rings is 1. The number of hydrogen-bond acceptors (Lipinski definition) is 5. The third-order valence-corrected chi connectivity index (χ3v) is 4.19. The van der Waals surface area contributed by atoms with Crippen LogP contribution in [-0.2, 0) is 4.74 Å². The van der Waals surface area contributed by atoms with Gasteiger partial charge in [0, 0.05) is 12.6 Å². The maximum absolute atomic E-state index is 11.6. The molecule has 1 N–H and O–H groups in total. The van der Waals surface area contributed by atoms with Gasteiger partial charge in [-0.15, -0.1) is 0 Å². The van der Waals surface area contributed by atoms with Crippen molar-refractivity contribution < 1.29 is 19.4 Å². The van der Waals surface area contributed by atoms with Crippen LogP contribution >= 0.6 is 0 Å². The predicted molar refractivity (Wildman–Crippen MR) is 88.8 cm³/mol. The molecule has 2 rings (SSSR count). The molecule has 0 radical (unpaired) electrons. The van der Waals surface area contributed by atoms with E-state index in [1.807, 2.05) is 0 Å². The van der Waals surface area contributed by atoms with E-state index in [1.54, 1.807) is 31.2 Å². The van der Waals surface area contributed by atoms with Crippen LogP contribution in [0.5, 0.6) is 5.75 Å². The van der Waals surface area contributed by atoms with Crippen molar-refractivity contribution in [3.63, 3.8) is 0 Å². The topological polar surface area (TPSA) is 59.0 Å². The Hall–Kier alpha value is -1.59. The number of ether oxygens (including phenoxy) is 2. The number of benzene rings is 1. The first-order valence-electron chi connectivity index (χ1n) is 8.42. The molecule has 2 unspecified atom stereocenters. The van der Waals surface area contributed by atoms with Gasteiger partial charge in [0.1, 0.15) is 18.5 Å². The van der Waals surface area contributed by atoms with Crippen LogP contribution in [0, 0.1) is 0 Å². The Morgan fingerprint density at radius 1 is 1.35 bits per heavy atom. The Morgan fingerprint density at radius 3 is 2.74 bits per heavy atom. The largest absolute Gasteiger partial charge is 0.491 e. The number of β-amino-alcohol motifs (C(OH)–C–C–N with tert-alkyl or cyclic N) is 1. The van der Waals surface area contributed by atoms with Gasteiger partial charge in [0.05, 0.1) is 12.2 Å². The molecule has 0 saturated carbocycles. The van der Waals surface area contributed by atoms with Crippen molar-refractivity contribution in [1.29, 1.82) is 0 Å². The van der Waals surface area contributed by atoms with Crippen molar-refractivity contribution in [1.82, 2.24) is 4.90 Å². The molecule has 1 aliphatic rings. The van der Waals surface area contributed by atoms with Crippen molar-refractivity contribution in [2.75, 3.05) is 26.3 Å². The molecule has 1 saturated heterocycles. The molecule has 1 fully saturated rings. The number of aliphatic hydroxyl groups excluding tert-OH is 1. The number of carbonyl (C=O) groups is 1. The van der Waals surface area contributed by atoms with E-state index in [1.165, 1.54) is 19.3 Å². The van der Waals surface area contributed by atoms with Gasteiger partial charge < -0.3 is 14.6 Å². The molecule has 0 amide bonds. The molecule has 128 valence electrons. The molecule has 1 aromatic carbocycles. The fourth-order valence-electron chi connectivity index (χ4n) is 2.85. The average molecular weight is 321 g/mol. The molecule has 1 heterocycles. The first-order chi connectivity index (χ1) is 11.1. The summed E-state index contributed by atoms with van der Waals surface area (Å²) < 4.78 is 10.5. The van der Waals surface area contributed by atoms with Crippen molar-refractivity contribution in [2.45, 2.75) is 45.3 Å². The van der Waals surface area contributed by atoms with Crippen molar-refractivity contribution in [3.05, 3.63) is 29.8 Å². The van der Waals surface area contributed by atoms with Gasteiger partial charge in [-0.05, 0) is 57.5 Å². The molecule has 2 atom stereocenters. The minimum atomic E-state index is -0.514. The fraction of sp³-hybridized carbons (Fsp3) is 0.611. The van der Waals surface area contributed by atoms with Crippen LogP contribution in [0.4, 0.5) is 0 Å². The molecule has 23 heavy (non-hydrogen) atoms. The lowest BCUT2D eigenvalue weighted by Gasteiger charge is -2.34. The highest BCUT2D eigenvalue weighted by molar-refractivity contribution is 5.89. The molecule has 1 aromatic rings. The first-order valence-corrected chi connectivity index (χ1v) is 8.42. The Morgan fingerprint density at radius 2 is 2.09 bits per heavy atom. The maximum Gasteiger partial charge on any atom is 0.338 e. The lowest BCUT2D eigenvalue weighted by molar-refractivity contribution is 0.0437. The monoisotopic (exact) mass is 321 g/mol. The summed E-state index contributed by atoms with van der Waals surface area (Å²) >= 11 is 0. The van der Waals surface area contributed by atoms with Crippen LogP contribution in [0.2, 0.25) is 0 Å². The zero-order valence-corrected chi connectivity index (χ0v) is 14.0. The fourth-order valence-corrected chi connectivity index (χ4v) is 2.85. The van der Waals surface area contributed by atoms with Crippen LogP contribution in [0.1, 0.15) is 43.5 Å². The molecule has 0 aromatic heterocycles. The van der Waals surface area contributed by atoms with Gasteiger partial charge in [-0.3, -0.25) is 4.90 Å². The minimum Gasteiger partial charge on any atom is -0.491 e. The third-order valence-electron chi connectivity index (χ3n) is 4.19. The normalized spacial score (nSPS) is 20.0. The highest BCUT2D eigenvalue weighted by Gasteiger charge is 2.21. The van der Waals surface area contributed by atoms with E-state index in [-0.39, 0.29) is 12.6 Å². The maximum atomic E-state index is 11.6. The summed E-state index contributed by atoms with van der Waals surface area (Å²) in [5.74, 6) is 0.307. The Labute approximate surface area is 138 Å². The zero-order valence-electron chi connectivity index (χ0n) is 14.0. The van der Waals surface area contributed by atoms with Gasteiger partial charge in [-0.1, -0.05) is 6.42 Å². The molecule has 1 aliphatic heterocycles. The summed E-state index contributed by atoms with van der Waals surface area (Å²) in [5.41, 5.74) is 0.502. The van der Waals surface area contributed by atoms with Crippen LogP contribution in [0.25, 0.3) is 0 Å². The van der Waals surface area contributed by atoms with Gasteiger partial charge in [0.15, 0.2) is 0 Å².